The quantitative estimate of drug-likeness (QED) is 0.163. The Bertz CT molecular complexity index is 3160. The van der Waals surface area contributed by atoms with Crippen LogP contribution in [0.5, 0.6) is 0 Å². The van der Waals surface area contributed by atoms with E-state index in [4.69, 9.17) is 4.42 Å². The highest BCUT2D eigenvalue weighted by molar-refractivity contribution is 6.12. The van der Waals surface area contributed by atoms with Crippen LogP contribution in [-0.2, 0) is 0 Å². The van der Waals surface area contributed by atoms with Crippen LogP contribution in [0.15, 0.2) is 223 Å². The Kier molecular flexibility index (Phi) is 7.82. The van der Waals surface area contributed by atoms with Crippen LogP contribution in [0.2, 0.25) is 0 Å². The largest absolute Gasteiger partial charge is 0.456 e. The number of hydrogen-bond acceptors (Lipinski definition) is 2. The van der Waals surface area contributed by atoms with Crippen molar-refractivity contribution in [1.29, 1.82) is 0 Å². The molecule has 0 aliphatic rings. The van der Waals surface area contributed by atoms with Gasteiger partial charge in [-0.3, -0.25) is 0 Å². The molecule has 3 nitrogen and oxygen atoms in total. The predicted octanol–water partition coefficient (Wildman–Crippen LogP) is 15.2. The molecule has 57 heavy (non-hydrogen) atoms. The number of hydrogen-bond donors (Lipinski definition) is 0. The van der Waals surface area contributed by atoms with E-state index in [1.54, 1.807) is 0 Å². The Morgan fingerprint density at radius 2 is 0.807 bits per heavy atom. The zero-order chi connectivity index (χ0) is 37.7. The van der Waals surface area contributed by atoms with Gasteiger partial charge in [-0.25, -0.2) is 0 Å². The third kappa shape index (κ3) is 5.60. The maximum absolute atomic E-state index is 6.46. The van der Waals surface area contributed by atoms with Gasteiger partial charge >= 0.3 is 0 Å². The molecule has 0 fully saturated rings. The second-order valence-electron chi connectivity index (χ2n) is 14.5. The molecule has 2 aromatic heterocycles. The van der Waals surface area contributed by atoms with Crippen LogP contribution in [0, 0.1) is 0 Å². The monoisotopic (exact) mass is 728 g/mol. The molecular formula is C54H36N2O. The number of benzene rings is 9. The van der Waals surface area contributed by atoms with E-state index >= 15 is 0 Å². The van der Waals surface area contributed by atoms with Crippen molar-refractivity contribution in [2.24, 2.45) is 0 Å². The van der Waals surface area contributed by atoms with Gasteiger partial charge < -0.3 is 13.9 Å². The van der Waals surface area contributed by atoms with Gasteiger partial charge in [0.05, 0.1) is 16.7 Å². The van der Waals surface area contributed by atoms with E-state index in [2.05, 4.69) is 216 Å². The van der Waals surface area contributed by atoms with E-state index in [1.165, 1.54) is 44.2 Å². The molecule has 0 spiro atoms. The number of nitrogens with zero attached hydrogens (tertiary/aromatic N) is 2. The number of aromatic nitrogens is 1. The summed E-state index contributed by atoms with van der Waals surface area (Å²) < 4.78 is 8.94. The smallest absolute Gasteiger partial charge is 0.137 e. The lowest BCUT2D eigenvalue weighted by molar-refractivity contribution is 0.669. The zero-order valence-corrected chi connectivity index (χ0v) is 31.1. The average molecular weight is 729 g/mol. The van der Waals surface area contributed by atoms with Crippen molar-refractivity contribution in [2.75, 3.05) is 4.90 Å². The molecule has 0 aliphatic carbocycles. The summed E-state index contributed by atoms with van der Waals surface area (Å²) in [4.78, 5) is 2.35. The first-order valence-electron chi connectivity index (χ1n) is 19.4. The molecule has 268 valence electrons. The minimum absolute atomic E-state index is 0.860. The summed E-state index contributed by atoms with van der Waals surface area (Å²) in [6.45, 7) is 0. The lowest BCUT2D eigenvalue weighted by Gasteiger charge is -2.26. The van der Waals surface area contributed by atoms with E-state index < -0.39 is 0 Å². The molecule has 11 rings (SSSR count). The van der Waals surface area contributed by atoms with Gasteiger partial charge in [-0.1, -0.05) is 164 Å². The molecule has 0 atom stereocenters. The Labute approximate surface area is 330 Å². The van der Waals surface area contributed by atoms with Crippen molar-refractivity contribution < 1.29 is 4.42 Å². The molecule has 0 radical (unpaired) electrons. The van der Waals surface area contributed by atoms with Gasteiger partial charge in [-0.2, -0.15) is 0 Å². The Morgan fingerprint density at radius 3 is 1.49 bits per heavy atom. The number of rotatable bonds is 7. The Hall–Kier alpha value is -7.62. The van der Waals surface area contributed by atoms with Crippen LogP contribution in [0.4, 0.5) is 17.1 Å². The number of anilines is 3. The second kappa shape index (κ2) is 13.6. The molecule has 0 saturated carbocycles. The van der Waals surface area contributed by atoms with E-state index in [9.17, 15) is 0 Å². The van der Waals surface area contributed by atoms with Gasteiger partial charge in [0.15, 0.2) is 0 Å². The molecular weight excluding hydrogens is 693 g/mol. The molecule has 9 aromatic carbocycles. The fraction of sp³-hybridized carbons (Fsp3) is 0. The summed E-state index contributed by atoms with van der Waals surface area (Å²) in [6.07, 6.45) is 0. The van der Waals surface area contributed by atoms with Crippen molar-refractivity contribution >= 4 is 60.8 Å². The third-order valence-electron chi connectivity index (χ3n) is 11.2. The van der Waals surface area contributed by atoms with Crippen molar-refractivity contribution in [1.82, 2.24) is 4.57 Å². The normalized spacial score (nSPS) is 11.5. The van der Waals surface area contributed by atoms with Gasteiger partial charge in [0.1, 0.15) is 11.2 Å². The Balaban J connectivity index is 1.18. The van der Waals surface area contributed by atoms with Crippen LogP contribution >= 0.6 is 0 Å². The molecule has 0 unspecified atom stereocenters. The summed E-state index contributed by atoms with van der Waals surface area (Å²) in [6, 6.07) is 78.2. The highest BCUT2D eigenvalue weighted by Gasteiger charge is 2.22. The maximum Gasteiger partial charge on any atom is 0.137 e. The van der Waals surface area contributed by atoms with E-state index in [1.807, 2.05) is 12.1 Å². The summed E-state index contributed by atoms with van der Waals surface area (Å²) in [5, 5.41) is 4.64. The first kappa shape index (κ1) is 32.8. The first-order valence-corrected chi connectivity index (χ1v) is 19.4. The second-order valence-corrected chi connectivity index (χ2v) is 14.5. The van der Waals surface area contributed by atoms with E-state index in [0.717, 1.165) is 55.7 Å². The third-order valence-corrected chi connectivity index (χ3v) is 11.2. The summed E-state index contributed by atoms with van der Waals surface area (Å²) in [5.74, 6) is 0. The number of furan rings is 1. The molecule has 2 heterocycles. The average Bonchev–Trinajstić information content (AvgIpc) is 3.82. The topological polar surface area (TPSA) is 21.3 Å². The molecule has 0 aliphatic heterocycles. The number of para-hydroxylation sites is 3. The minimum Gasteiger partial charge on any atom is -0.456 e. The lowest BCUT2D eigenvalue weighted by Crippen LogP contribution is -2.10. The zero-order valence-electron chi connectivity index (χ0n) is 31.1. The van der Waals surface area contributed by atoms with Gasteiger partial charge in [0.25, 0.3) is 0 Å². The molecule has 3 heteroatoms. The van der Waals surface area contributed by atoms with E-state index in [-0.39, 0.29) is 0 Å². The predicted molar refractivity (Wildman–Crippen MR) is 239 cm³/mol. The van der Waals surface area contributed by atoms with Crippen LogP contribution in [0.25, 0.3) is 82.8 Å². The summed E-state index contributed by atoms with van der Waals surface area (Å²) >= 11 is 0. The fourth-order valence-electron chi connectivity index (χ4n) is 8.56. The molecule has 0 saturated heterocycles. The Morgan fingerprint density at radius 1 is 0.316 bits per heavy atom. The van der Waals surface area contributed by atoms with E-state index in [0.29, 0.717) is 0 Å². The van der Waals surface area contributed by atoms with Gasteiger partial charge in [-0.05, 0) is 70.8 Å². The maximum atomic E-state index is 6.46. The first-order chi connectivity index (χ1) is 28.3. The van der Waals surface area contributed by atoms with Crippen LogP contribution in [0.1, 0.15) is 0 Å². The molecule has 0 bridgehead atoms. The summed E-state index contributed by atoms with van der Waals surface area (Å²) in [5.41, 5.74) is 15.4. The van der Waals surface area contributed by atoms with Gasteiger partial charge in [0.2, 0.25) is 0 Å². The molecule has 0 N–H and O–H groups in total. The minimum atomic E-state index is 0.860. The van der Waals surface area contributed by atoms with Crippen LogP contribution < -0.4 is 4.90 Å². The van der Waals surface area contributed by atoms with Crippen LogP contribution in [0.3, 0.4) is 0 Å². The molecule has 11 aromatic rings. The summed E-state index contributed by atoms with van der Waals surface area (Å²) in [7, 11) is 0. The van der Waals surface area contributed by atoms with Crippen LogP contribution in [-0.4, -0.2) is 4.57 Å². The lowest BCUT2D eigenvalue weighted by atomic mass is 9.95. The number of fused-ring (bicyclic) bond motifs is 6. The highest BCUT2D eigenvalue weighted by atomic mass is 16.3. The SMILES string of the molecule is c1ccc(-c2ccc(N(c3ccc4c(c3)oc3ccccc34)c3ccc4c5ccccc5n(-c5c(-c6ccccc6)cccc5-c5ccccc5)c4c3)cc2)cc1. The van der Waals surface area contributed by atoms with Gasteiger partial charge in [0, 0.05) is 55.8 Å². The standard InChI is InChI=1S/C54H36N2O/c1-4-15-37(16-5-1)38-27-29-41(30-28-38)55(43-32-34-49-48-22-11-13-26-52(48)57-53(49)36-43)42-31-33-47-46-21-10-12-25-50(46)56(51(47)35-42)54-44(39-17-6-2-7-18-39)23-14-24-45(54)40-19-8-3-9-20-40/h1-36H. The van der Waals surface area contributed by atoms with Gasteiger partial charge in [-0.15, -0.1) is 0 Å². The van der Waals surface area contributed by atoms with Crippen molar-refractivity contribution in [3.8, 4) is 39.1 Å². The highest BCUT2D eigenvalue weighted by Crippen LogP contribution is 2.45. The van der Waals surface area contributed by atoms with Crippen molar-refractivity contribution in [3.63, 3.8) is 0 Å². The van der Waals surface area contributed by atoms with Crippen molar-refractivity contribution in [3.05, 3.63) is 218 Å². The fourth-order valence-corrected chi connectivity index (χ4v) is 8.56. The molecule has 0 amide bonds. The van der Waals surface area contributed by atoms with Crippen molar-refractivity contribution in [2.45, 2.75) is 0 Å².